The number of morpholine rings is 1. The van der Waals surface area contributed by atoms with Gasteiger partial charge >= 0.3 is 0 Å². The average molecular weight is 412 g/mol. The van der Waals surface area contributed by atoms with Crippen molar-refractivity contribution in [2.24, 2.45) is 4.99 Å². The number of aromatic amines is 1. The molecule has 0 bridgehead atoms. The number of para-hydroxylation sites is 1. The number of thiophene rings is 1. The minimum atomic E-state index is 0.329. The zero-order valence-corrected chi connectivity index (χ0v) is 17.7. The standard InChI is InChI=1S/C22H29N5OS/c1-2-23-22(24-15-18-14-17-6-3-4-7-19(17)26-18)25-16-20(21-8-5-13-29-21)27-9-11-28-12-10-27/h3-8,13-14,20,26H,2,9-12,15-16H2,1H3,(H2,23,24,25). The number of nitrogens with one attached hydrogen (secondary N) is 3. The van der Waals surface area contributed by atoms with Crippen LogP contribution in [0.5, 0.6) is 0 Å². The van der Waals surface area contributed by atoms with E-state index in [1.807, 2.05) is 17.4 Å². The van der Waals surface area contributed by atoms with Gasteiger partial charge in [-0.1, -0.05) is 24.3 Å². The molecule has 6 nitrogen and oxygen atoms in total. The fourth-order valence-corrected chi connectivity index (χ4v) is 4.56. The van der Waals surface area contributed by atoms with Crippen LogP contribution in [-0.4, -0.2) is 55.2 Å². The van der Waals surface area contributed by atoms with Crippen LogP contribution in [-0.2, 0) is 11.3 Å². The summed E-state index contributed by atoms with van der Waals surface area (Å²) in [4.78, 5) is 12.1. The summed E-state index contributed by atoms with van der Waals surface area (Å²) in [5, 5.41) is 10.3. The first kappa shape index (κ1) is 19.9. The Balaban J connectivity index is 1.43. The molecule has 0 amide bonds. The van der Waals surface area contributed by atoms with Gasteiger partial charge in [0.15, 0.2) is 5.96 Å². The zero-order chi connectivity index (χ0) is 19.9. The van der Waals surface area contributed by atoms with Gasteiger partial charge < -0.3 is 20.4 Å². The predicted octanol–water partition coefficient (Wildman–Crippen LogP) is 3.36. The zero-order valence-electron chi connectivity index (χ0n) is 16.9. The van der Waals surface area contributed by atoms with Gasteiger partial charge in [0.2, 0.25) is 0 Å². The van der Waals surface area contributed by atoms with Gasteiger partial charge in [-0.25, -0.2) is 4.99 Å². The Hall–Kier alpha value is -2.35. The van der Waals surface area contributed by atoms with Crippen molar-refractivity contribution in [3.63, 3.8) is 0 Å². The SMILES string of the molecule is CCNC(=NCc1cc2ccccc2[nH]1)NCC(c1cccs1)N1CCOCC1. The van der Waals surface area contributed by atoms with E-state index in [1.54, 1.807) is 0 Å². The molecule has 1 atom stereocenters. The van der Waals surface area contributed by atoms with E-state index >= 15 is 0 Å². The highest BCUT2D eigenvalue weighted by Crippen LogP contribution is 2.25. The Kier molecular flexibility index (Phi) is 6.82. The molecule has 1 aliphatic rings. The van der Waals surface area contributed by atoms with Crippen molar-refractivity contribution in [3.8, 4) is 0 Å². The molecule has 1 aliphatic heterocycles. The van der Waals surface area contributed by atoms with Crippen LogP contribution < -0.4 is 10.6 Å². The highest BCUT2D eigenvalue weighted by molar-refractivity contribution is 7.10. The van der Waals surface area contributed by atoms with Crippen LogP contribution in [0.3, 0.4) is 0 Å². The number of guanidine groups is 1. The van der Waals surface area contributed by atoms with Crippen LogP contribution in [0.4, 0.5) is 0 Å². The third-order valence-electron chi connectivity index (χ3n) is 5.16. The molecule has 0 aliphatic carbocycles. The normalized spacial score (nSPS) is 16.8. The Labute approximate surface area is 176 Å². The summed E-state index contributed by atoms with van der Waals surface area (Å²) in [5.74, 6) is 0.848. The van der Waals surface area contributed by atoms with Crippen molar-refractivity contribution >= 4 is 28.2 Å². The first-order chi connectivity index (χ1) is 14.3. The van der Waals surface area contributed by atoms with Gasteiger partial charge in [-0.2, -0.15) is 0 Å². The molecule has 154 valence electrons. The van der Waals surface area contributed by atoms with Crippen LogP contribution in [0.2, 0.25) is 0 Å². The van der Waals surface area contributed by atoms with Crippen molar-refractivity contribution in [1.82, 2.24) is 20.5 Å². The monoisotopic (exact) mass is 411 g/mol. The molecule has 2 aromatic heterocycles. The van der Waals surface area contributed by atoms with E-state index in [9.17, 15) is 0 Å². The smallest absolute Gasteiger partial charge is 0.191 e. The van der Waals surface area contributed by atoms with Gasteiger partial charge in [0, 0.05) is 42.3 Å². The molecule has 0 spiro atoms. The number of H-pyrrole nitrogens is 1. The number of aliphatic imine (C=N–C) groups is 1. The summed E-state index contributed by atoms with van der Waals surface area (Å²) < 4.78 is 5.55. The second-order valence-electron chi connectivity index (χ2n) is 7.14. The highest BCUT2D eigenvalue weighted by Gasteiger charge is 2.23. The summed E-state index contributed by atoms with van der Waals surface area (Å²) in [6.07, 6.45) is 0. The third-order valence-corrected chi connectivity index (χ3v) is 6.13. The van der Waals surface area contributed by atoms with Gasteiger partial charge in [-0.15, -0.1) is 11.3 Å². The maximum Gasteiger partial charge on any atom is 0.191 e. The number of nitrogens with zero attached hydrogens (tertiary/aromatic N) is 2. The molecule has 3 aromatic rings. The molecular weight excluding hydrogens is 382 g/mol. The van der Waals surface area contributed by atoms with Gasteiger partial charge in [0.1, 0.15) is 0 Å². The summed E-state index contributed by atoms with van der Waals surface area (Å²) in [7, 11) is 0. The number of hydrogen-bond donors (Lipinski definition) is 3. The minimum absolute atomic E-state index is 0.329. The first-order valence-corrected chi connectivity index (χ1v) is 11.2. The van der Waals surface area contributed by atoms with Gasteiger partial charge in [0.25, 0.3) is 0 Å². The lowest BCUT2D eigenvalue weighted by atomic mass is 10.2. The second kappa shape index (κ2) is 9.91. The quantitative estimate of drug-likeness (QED) is 0.412. The predicted molar refractivity (Wildman–Crippen MR) is 121 cm³/mol. The molecule has 1 fully saturated rings. The highest BCUT2D eigenvalue weighted by atomic mass is 32.1. The molecule has 1 aromatic carbocycles. The molecule has 3 N–H and O–H groups in total. The molecule has 0 saturated carbocycles. The lowest BCUT2D eigenvalue weighted by Crippen LogP contribution is -2.46. The van der Waals surface area contributed by atoms with Crippen molar-refractivity contribution in [2.75, 3.05) is 39.4 Å². The lowest BCUT2D eigenvalue weighted by Gasteiger charge is -2.34. The molecule has 0 radical (unpaired) electrons. The van der Waals surface area contributed by atoms with Crippen LogP contribution >= 0.6 is 11.3 Å². The average Bonchev–Trinajstić information content (AvgIpc) is 3.42. The molecular formula is C22H29N5OS. The van der Waals surface area contributed by atoms with Crippen LogP contribution in [0.1, 0.15) is 23.5 Å². The maximum absolute atomic E-state index is 5.55. The Morgan fingerprint density at radius 1 is 1.21 bits per heavy atom. The first-order valence-electron chi connectivity index (χ1n) is 10.3. The fourth-order valence-electron chi connectivity index (χ4n) is 3.70. The summed E-state index contributed by atoms with van der Waals surface area (Å²) in [5.41, 5.74) is 2.27. The fraction of sp³-hybridized carbons (Fsp3) is 0.409. The van der Waals surface area contributed by atoms with Crippen molar-refractivity contribution < 1.29 is 4.74 Å². The summed E-state index contributed by atoms with van der Waals surface area (Å²) in [6, 6.07) is 15.2. The van der Waals surface area contributed by atoms with Crippen LogP contribution in [0.15, 0.2) is 52.8 Å². The Morgan fingerprint density at radius 2 is 2.07 bits per heavy atom. The Morgan fingerprint density at radius 3 is 2.83 bits per heavy atom. The van der Waals surface area contributed by atoms with E-state index in [-0.39, 0.29) is 0 Å². The van der Waals surface area contributed by atoms with E-state index in [0.29, 0.717) is 12.6 Å². The number of aromatic nitrogens is 1. The lowest BCUT2D eigenvalue weighted by molar-refractivity contribution is 0.0177. The summed E-state index contributed by atoms with van der Waals surface area (Å²) >= 11 is 1.81. The largest absolute Gasteiger partial charge is 0.379 e. The second-order valence-corrected chi connectivity index (χ2v) is 8.12. The van der Waals surface area contributed by atoms with Gasteiger partial charge in [-0.3, -0.25) is 4.90 Å². The molecule has 29 heavy (non-hydrogen) atoms. The van der Waals surface area contributed by atoms with Gasteiger partial charge in [0.05, 0.1) is 25.8 Å². The molecule has 1 unspecified atom stereocenters. The van der Waals surface area contributed by atoms with E-state index in [4.69, 9.17) is 9.73 Å². The van der Waals surface area contributed by atoms with Crippen LogP contribution in [0, 0.1) is 0 Å². The molecule has 4 rings (SSSR count). The van der Waals surface area contributed by atoms with E-state index in [1.165, 1.54) is 10.3 Å². The molecule has 3 heterocycles. The number of fused-ring (bicyclic) bond motifs is 1. The van der Waals surface area contributed by atoms with Crippen molar-refractivity contribution in [1.29, 1.82) is 0 Å². The number of rotatable bonds is 7. The number of ether oxygens (including phenoxy) is 1. The van der Waals surface area contributed by atoms with Crippen molar-refractivity contribution in [3.05, 3.63) is 58.4 Å². The van der Waals surface area contributed by atoms with Gasteiger partial charge in [-0.05, 0) is 35.9 Å². The minimum Gasteiger partial charge on any atom is -0.379 e. The van der Waals surface area contributed by atoms with Crippen molar-refractivity contribution in [2.45, 2.75) is 19.5 Å². The third kappa shape index (κ3) is 5.18. The summed E-state index contributed by atoms with van der Waals surface area (Å²) in [6.45, 7) is 7.90. The Bertz CT molecular complexity index is 881. The van der Waals surface area contributed by atoms with Crippen LogP contribution in [0.25, 0.3) is 10.9 Å². The van der Waals surface area contributed by atoms with E-state index in [2.05, 4.69) is 69.2 Å². The number of hydrogen-bond acceptors (Lipinski definition) is 4. The van der Waals surface area contributed by atoms with E-state index in [0.717, 1.165) is 56.6 Å². The van der Waals surface area contributed by atoms with E-state index < -0.39 is 0 Å². The molecule has 1 saturated heterocycles. The maximum atomic E-state index is 5.55. The number of benzene rings is 1. The molecule has 7 heteroatoms. The topological polar surface area (TPSA) is 64.7 Å².